The molecule has 0 aromatic rings. The summed E-state index contributed by atoms with van der Waals surface area (Å²) in [6.45, 7) is 1.77. The number of hydrogen-bond donors (Lipinski definition) is 2. The highest BCUT2D eigenvalue weighted by Gasteiger charge is 2.11. The lowest BCUT2D eigenvalue weighted by atomic mass is 10.2. The smallest absolute Gasteiger partial charge is 0.213 e. The van der Waals surface area contributed by atoms with E-state index in [9.17, 15) is 9.59 Å². The zero-order valence-electron chi connectivity index (χ0n) is 5.26. The van der Waals surface area contributed by atoms with Crippen molar-refractivity contribution in [1.82, 2.24) is 5.43 Å². The zero-order chi connectivity index (χ0) is 7.28. The Morgan fingerprint density at radius 3 is 2.56 bits per heavy atom. The minimum Gasteiger partial charge on any atom is -0.295 e. The van der Waals surface area contributed by atoms with Gasteiger partial charge in [-0.15, -0.1) is 0 Å². The summed E-state index contributed by atoms with van der Waals surface area (Å²) in [5.74, 6) is 4.43. The lowest BCUT2D eigenvalue weighted by molar-refractivity contribution is -0.131. The number of nitrogens with two attached hydrogens (primary N) is 1. The van der Waals surface area contributed by atoms with E-state index >= 15 is 0 Å². The minimum absolute atomic E-state index is 0.272. The van der Waals surface area contributed by atoms with Gasteiger partial charge in [0.25, 0.3) is 0 Å². The molecule has 0 aromatic heterocycles. The Morgan fingerprint density at radius 2 is 2.44 bits per heavy atom. The van der Waals surface area contributed by atoms with Crippen LogP contribution in [0.25, 0.3) is 0 Å². The molecule has 0 radical (unpaired) electrons. The predicted octanol–water partition coefficient (Wildman–Crippen LogP) is -1.00. The van der Waals surface area contributed by atoms with Gasteiger partial charge in [-0.25, -0.2) is 5.43 Å². The van der Waals surface area contributed by atoms with Crippen LogP contribution >= 0.6 is 0 Å². The molecule has 0 bridgehead atoms. The van der Waals surface area contributed by atoms with Gasteiger partial charge in [0.2, 0.25) is 5.78 Å². The monoisotopic (exact) mass is 130 g/mol. The molecule has 0 saturated heterocycles. The van der Waals surface area contributed by atoms with Crippen molar-refractivity contribution in [1.29, 1.82) is 0 Å². The van der Waals surface area contributed by atoms with E-state index in [-0.39, 0.29) is 6.29 Å². The van der Waals surface area contributed by atoms with Crippen LogP contribution in [-0.2, 0) is 9.59 Å². The summed E-state index contributed by atoms with van der Waals surface area (Å²) < 4.78 is 0. The van der Waals surface area contributed by atoms with Gasteiger partial charge in [0.05, 0.1) is 6.04 Å². The molecule has 4 nitrogen and oxygen atoms in total. The quantitative estimate of drug-likeness (QED) is 0.221. The lowest BCUT2D eigenvalue weighted by Gasteiger charge is -2.05. The number of aldehydes is 1. The number of hydrogen-bond acceptors (Lipinski definition) is 4. The van der Waals surface area contributed by atoms with Crippen molar-refractivity contribution in [3.63, 3.8) is 0 Å². The van der Waals surface area contributed by atoms with Crippen LogP contribution in [0.15, 0.2) is 0 Å². The fraction of sp³-hybridized carbons (Fsp3) is 0.600. The van der Waals surface area contributed by atoms with Gasteiger partial charge in [0.1, 0.15) is 0 Å². The molecule has 0 saturated carbocycles. The Balaban J connectivity index is 3.78. The van der Waals surface area contributed by atoms with Gasteiger partial charge in [-0.3, -0.25) is 15.4 Å². The van der Waals surface area contributed by atoms with E-state index in [1.165, 1.54) is 0 Å². The van der Waals surface area contributed by atoms with E-state index in [1.54, 1.807) is 6.92 Å². The number of hydrazine groups is 1. The number of carbonyl (C=O) groups excluding carboxylic acids is 2. The van der Waals surface area contributed by atoms with Crippen LogP contribution in [0.1, 0.15) is 13.3 Å². The van der Waals surface area contributed by atoms with E-state index in [0.717, 1.165) is 0 Å². The SMILES string of the molecule is CCC(NN)C(=O)C=O. The molecule has 0 aromatic carbocycles. The molecular formula is C5H10N2O2. The maximum atomic E-state index is 10.5. The first-order chi connectivity index (χ1) is 4.26. The molecule has 1 atom stereocenters. The molecule has 0 heterocycles. The maximum Gasteiger partial charge on any atom is 0.213 e. The highest BCUT2D eigenvalue weighted by atomic mass is 16.2. The van der Waals surface area contributed by atoms with E-state index in [1.807, 2.05) is 0 Å². The molecule has 3 N–H and O–H groups in total. The first kappa shape index (κ1) is 8.26. The van der Waals surface area contributed by atoms with Gasteiger partial charge < -0.3 is 0 Å². The van der Waals surface area contributed by atoms with E-state index in [4.69, 9.17) is 5.84 Å². The molecule has 52 valence electrons. The standard InChI is InChI=1S/C5H10N2O2/c1-2-4(7-6)5(9)3-8/h3-4,7H,2,6H2,1H3. The molecule has 0 aliphatic carbocycles. The van der Waals surface area contributed by atoms with Gasteiger partial charge >= 0.3 is 0 Å². The van der Waals surface area contributed by atoms with E-state index in [0.29, 0.717) is 6.42 Å². The summed E-state index contributed by atoms with van der Waals surface area (Å²) in [5.41, 5.74) is 2.22. The van der Waals surface area contributed by atoms with Crippen LogP contribution in [0.3, 0.4) is 0 Å². The third-order valence-electron chi connectivity index (χ3n) is 1.07. The zero-order valence-corrected chi connectivity index (χ0v) is 5.26. The second kappa shape index (κ2) is 4.17. The first-order valence-corrected chi connectivity index (χ1v) is 2.71. The molecule has 0 fully saturated rings. The van der Waals surface area contributed by atoms with Crippen LogP contribution < -0.4 is 11.3 Å². The van der Waals surface area contributed by atoms with Crippen molar-refractivity contribution >= 4 is 12.1 Å². The number of rotatable bonds is 4. The molecule has 0 rings (SSSR count). The highest BCUT2D eigenvalue weighted by molar-refractivity contribution is 6.27. The molecule has 0 amide bonds. The second-order valence-electron chi connectivity index (χ2n) is 1.65. The molecule has 0 spiro atoms. The van der Waals surface area contributed by atoms with Crippen molar-refractivity contribution in [3.05, 3.63) is 0 Å². The van der Waals surface area contributed by atoms with E-state index < -0.39 is 11.8 Å². The van der Waals surface area contributed by atoms with Gasteiger partial charge in [-0.2, -0.15) is 0 Å². The molecule has 0 aliphatic heterocycles. The summed E-state index contributed by atoms with van der Waals surface area (Å²) in [5, 5.41) is 0. The summed E-state index contributed by atoms with van der Waals surface area (Å²) >= 11 is 0. The fourth-order valence-corrected chi connectivity index (χ4v) is 0.483. The minimum atomic E-state index is -0.512. The third-order valence-corrected chi connectivity index (χ3v) is 1.07. The maximum absolute atomic E-state index is 10.5. The van der Waals surface area contributed by atoms with Crippen LogP contribution in [-0.4, -0.2) is 18.1 Å². The fourth-order valence-electron chi connectivity index (χ4n) is 0.483. The van der Waals surface area contributed by atoms with Crippen LogP contribution in [0.2, 0.25) is 0 Å². The van der Waals surface area contributed by atoms with Crippen LogP contribution in [0.4, 0.5) is 0 Å². The first-order valence-electron chi connectivity index (χ1n) is 2.71. The largest absolute Gasteiger partial charge is 0.295 e. The third kappa shape index (κ3) is 2.34. The summed E-state index contributed by atoms with van der Waals surface area (Å²) in [4.78, 5) is 20.3. The van der Waals surface area contributed by atoms with Gasteiger partial charge in [0, 0.05) is 0 Å². The van der Waals surface area contributed by atoms with Crippen molar-refractivity contribution < 1.29 is 9.59 Å². The Morgan fingerprint density at radius 1 is 1.89 bits per heavy atom. The van der Waals surface area contributed by atoms with Gasteiger partial charge in [0.15, 0.2) is 6.29 Å². The lowest BCUT2D eigenvalue weighted by Crippen LogP contribution is -2.41. The van der Waals surface area contributed by atoms with Crippen molar-refractivity contribution in [2.45, 2.75) is 19.4 Å². The normalized spacial score (nSPS) is 12.7. The Labute approximate surface area is 53.4 Å². The second-order valence-corrected chi connectivity index (χ2v) is 1.65. The topological polar surface area (TPSA) is 72.2 Å². The average molecular weight is 130 g/mol. The van der Waals surface area contributed by atoms with E-state index in [2.05, 4.69) is 5.43 Å². The highest BCUT2D eigenvalue weighted by Crippen LogP contribution is 1.86. The van der Waals surface area contributed by atoms with Crippen LogP contribution in [0.5, 0.6) is 0 Å². The van der Waals surface area contributed by atoms with Crippen LogP contribution in [0, 0.1) is 0 Å². The summed E-state index contributed by atoms with van der Waals surface area (Å²) in [6.07, 6.45) is 0.808. The number of Topliss-reactive ketones (excluding diaryl/α,β-unsaturated/α-hetero) is 1. The number of nitrogens with one attached hydrogen (secondary N) is 1. The Kier molecular flexibility index (Phi) is 3.83. The number of ketones is 1. The molecular weight excluding hydrogens is 120 g/mol. The molecule has 1 unspecified atom stereocenters. The summed E-state index contributed by atoms with van der Waals surface area (Å²) in [7, 11) is 0. The number of carbonyl (C=O) groups is 2. The predicted molar refractivity (Wildman–Crippen MR) is 32.5 cm³/mol. The van der Waals surface area contributed by atoms with Crippen molar-refractivity contribution in [3.8, 4) is 0 Å². The Bertz CT molecular complexity index is 110. The molecule has 9 heavy (non-hydrogen) atoms. The average Bonchev–Trinajstić information content (AvgIpc) is 1.90. The molecule has 0 aliphatic rings. The molecule has 4 heteroatoms. The van der Waals surface area contributed by atoms with Crippen molar-refractivity contribution in [2.24, 2.45) is 5.84 Å². The summed E-state index contributed by atoms with van der Waals surface area (Å²) in [6, 6.07) is -0.512. The van der Waals surface area contributed by atoms with Gasteiger partial charge in [-0.05, 0) is 6.42 Å². The van der Waals surface area contributed by atoms with Crippen molar-refractivity contribution in [2.75, 3.05) is 0 Å². The Hall–Kier alpha value is -0.740. The van der Waals surface area contributed by atoms with Gasteiger partial charge in [-0.1, -0.05) is 6.92 Å².